The predicted molar refractivity (Wildman–Crippen MR) is 93.0 cm³/mol. The molecule has 1 saturated heterocycles. The number of aromatic nitrogens is 1. The molecular formula is C18H19N3O2S. The zero-order valence-corrected chi connectivity index (χ0v) is 14.4. The van der Waals surface area contributed by atoms with Gasteiger partial charge in [0.1, 0.15) is 0 Å². The first-order chi connectivity index (χ1) is 11.7. The smallest absolute Gasteiger partial charge is 0.273 e. The van der Waals surface area contributed by atoms with Gasteiger partial charge in [0.2, 0.25) is 0 Å². The number of piperidine rings is 1. The topological polar surface area (TPSA) is 66.2 Å². The maximum atomic E-state index is 11.3. The number of nitrogens with zero attached hydrogens (tertiary/aromatic N) is 3. The number of Topliss-reactive ketones (excluding diaryl/α,β-unsaturated/α-hetero) is 1. The predicted octanol–water partition coefficient (Wildman–Crippen LogP) is 3.58. The number of benzene rings is 1. The molecule has 1 fully saturated rings. The summed E-state index contributed by atoms with van der Waals surface area (Å²) in [7, 11) is 0. The molecule has 0 atom stereocenters. The average Bonchev–Trinajstić information content (AvgIpc) is 3.09. The summed E-state index contributed by atoms with van der Waals surface area (Å²) in [6.45, 7) is 3.84. The standard InChI is InChI=1S/C18H19N3O2S/c1-13(22)15-2-4-16(5-3-15)17-10-20-18(24-17)23-11-14-6-8-21(12-19)9-7-14/h2-5,10,14H,6-9,11H2,1H3. The molecule has 0 radical (unpaired) electrons. The van der Waals surface area contributed by atoms with Gasteiger partial charge in [0, 0.05) is 24.8 Å². The Kier molecular flexibility index (Phi) is 5.11. The third-order valence-corrected chi connectivity index (χ3v) is 5.22. The molecule has 0 amide bonds. The molecular weight excluding hydrogens is 322 g/mol. The van der Waals surface area contributed by atoms with Gasteiger partial charge in [-0.3, -0.25) is 4.79 Å². The van der Waals surface area contributed by atoms with Crippen LogP contribution in [0.1, 0.15) is 30.1 Å². The molecule has 1 aromatic carbocycles. The summed E-state index contributed by atoms with van der Waals surface area (Å²) in [5, 5.41) is 9.53. The summed E-state index contributed by atoms with van der Waals surface area (Å²) in [6, 6.07) is 7.54. The Hall–Kier alpha value is -2.39. The molecule has 0 N–H and O–H groups in total. The van der Waals surface area contributed by atoms with E-state index in [9.17, 15) is 4.79 Å². The van der Waals surface area contributed by atoms with E-state index in [0.717, 1.165) is 36.4 Å². The molecule has 2 aromatic rings. The van der Waals surface area contributed by atoms with Crippen molar-refractivity contribution in [2.75, 3.05) is 19.7 Å². The summed E-state index contributed by atoms with van der Waals surface area (Å²) in [6.07, 6.45) is 5.97. The molecule has 2 heterocycles. The highest BCUT2D eigenvalue weighted by molar-refractivity contribution is 7.16. The fraction of sp³-hybridized carbons (Fsp3) is 0.389. The average molecular weight is 341 g/mol. The molecule has 1 aliphatic heterocycles. The second kappa shape index (κ2) is 7.45. The minimum Gasteiger partial charge on any atom is -0.470 e. The summed E-state index contributed by atoms with van der Waals surface area (Å²) in [4.78, 5) is 18.5. The van der Waals surface area contributed by atoms with Crippen molar-refractivity contribution in [2.24, 2.45) is 5.92 Å². The van der Waals surface area contributed by atoms with Gasteiger partial charge in [0.25, 0.3) is 5.19 Å². The van der Waals surface area contributed by atoms with Crippen molar-refractivity contribution in [3.05, 3.63) is 36.0 Å². The lowest BCUT2D eigenvalue weighted by Gasteiger charge is -2.27. The van der Waals surface area contributed by atoms with Gasteiger partial charge in [-0.2, -0.15) is 5.26 Å². The van der Waals surface area contributed by atoms with Gasteiger partial charge in [-0.05, 0) is 31.2 Å². The van der Waals surface area contributed by atoms with E-state index >= 15 is 0 Å². The number of hydrogen-bond acceptors (Lipinski definition) is 6. The van der Waals surface area contributed by atoms with Gasteiger partial charge in [0.15, 0.2) is 12.0 Å². The van der Waals surface area contributed by atoms with Crippen LogP contribution >= 0.6 is 11.3 Å². The van der Waals surface area contributed by atoms with Crippen LogP contribution < -0.4 is 4.74 Å². The number of rotatable bonds is 5. The van der Waals surface area contributed by atoms with Crippen molar-refractivity contribution in [2.45, 2.75) is 19.8 Å². The summed E-state index contributed by atoms with van der Waals surface area (Å²) < 4.78 is 5.83. The molecule has 3 rings (SSSR count). The van der Waals surface area contributed by atoms with Gasteiger partial charge in [-0.25, -0.2) is 4.98 Å². The minimum absolute atomic E-state index is 0.0670. The van der Waals surface area contributed by atoms with Crippen LogP contribution in [0.25, 0.3) is 10.4 Å². The van der Waals surface area contributed by atoms with Crippen molar-refractivity contribution in [1.29, 1.82) is 5.26 Å². The fourth-order valence-corrected chi connectivity index (χ4v) is 3.50. The number of thiazole rings is 1. The first-order valence-corrected chi connectivity index (χ1v) is 8.82. The van der Waals surface area contributed by atoms with Crippen LogP contribution in [0.5, 0.6) is 5.19 Å². The summed E-state index contributed by atoms with van der Waals surface area (Å²) in [5.41, 5.74) is 1.75. The van der Waals surface area contributed by atoms with Crippen LogP contribution in [-0.4, -0.2) is 35.4 Å². The number of likely N-dealkylation sites (tertiary alicyclic amines) is 1. The fourth-order valence-electron chi connectivity index (χ4n) is 2.72. The Morgan fingerprint density at radius 2 is 2.08 bits per heavy atom. The summed E-state index contributed by atoms with van der Waals surface area (Å²) in [5.74, 6) is 0.550. The lowest BCUT2D eigenvalue weighted by atomic mass is 9.98. The normalized spacial score (nSPS) is 15.1. The number of carbonyl (C=O) groups is 1. The molecule has 6 heteroatoms. The van der Waals surface area contributed by atoms with E-state index in [1.165, 1.54) is 11.3 Å². The third-order valence-electron chi connectivity index (χ3n) is 4.26. The minimum atomic E-state index is 0.0670. The Bertz CT molecular complexity index is 740. The van der Waals surface area contributed by atoms with Crippen LogP contribution in [-0.2, 0) is 0 Å². The zero-order chi connectivity index (χ0) is 16.9. The highest BCUT2D eigenvalue weighted by Gasteiger charge is 2.19. The number of ketones is 1. The van der Waals surface area contributed by atoms with Gasteiger partial charge >= 0.3 is 0 Å². The van der Waals surface area contributed by atoms with Crippen LogP contribution in [0.3, 0.4) is 0 Å². The van der Waals surface area contributed by atoms with E-state index in [0.29, 0.717) is 23.3 Å². The van der Waals surface area contributed by atoms with Gasteiger partial charge in [-0.15, -0.1) is 0 Å². The second-order valence-electron chi connectivity index (χ2n) is 5.97. The summed E-state index contributed by atoms with van der Waals surface area (Å²) >= 11 is 1.51. The molecule has 124 valence electrons. The van der Waals surface area contributed by atoms with Crippen molar-refractivity contribution in [3.8, 4) is 21.8 Å². The van der Waals surface area contributed by atoms with Gasteiger partial charge in [0.05, 0.1) is 11.5 Å². The van der Waals surface area contributed by atoms with Crippen LogP contribution in [0, 0.1) is 17.4 Å². The quantitative estimate of drug-likeness (QED) is 0.614. The molecule has 1 aromatic heterocycles. The maximum absolute atomic E-state index is 11.3. The highest BCUT2D eigenvalue weighted by atomic mass is 32.1. The van der Waals surface area contributed by atoms with Crippen molar-refractivity contribution < 1.29 is 9.53 Å². The van der Waals surface area contributed by atoms with Crippen molar-refractivity contribution >= 4 is 17.1 Å². The van der Waals surface area contributed by atoms with Crippen molar-refractivity contribution in [3.63, 3.8) is 0 Å². The van der Waals surface area contributed by atoms with E-state index in [-0.39, 0.29) is 5.78 Å². The van der Waals surface area contributed by atoms with E-state index in [1.54, 1.807) is 18.0 Å². The van der Waals surface area contributed by atoms with E-state index < -0.39 is 0 Å². The van der Waals surface area contributed by atoms with Crippen LogP contribution in [0.4, 0.5) is 0 Å². The molecule has 0 unspecified atom stereocenters. The third kappa shape index (κ3) is 3.92. The number of ether oxygens (including phenoxy) is 1. The Morgan fingerprint density at radius 1 is 1.38 bits per heavy atom. The van der Waals surface area contributed by atoms with Gasteiger partial charge < -0.3 is 9.64 Å². The monoisotopic (exact) mass is 341 g/mol. The maximum Gasteiger partial charge on any atom is 0.273 e. The molecule has 0 saturated carbocycles. The largest absolute Gasteiger partial charge is 0.470 e. The molecule has 0 aliphatic carbocycles. The second-order valence-corrected chi connectivity index (χ2v) is 6.96. The highest BCUT2D eigenvalue weighted by Crippen LogP contribution is 2.31. The first-order valence-electron chi connectivity index (χ1n) is 8.00. The van der Waals surface area contributed by atoms with Crippen LogP contribution in [0.2, 0.25) is 0 Å². The van der Waals surface area contributed by atoms with Crippen molar-refractivity contribution in [1.82, 2.24) is 9.88 Å². The Balaban J connectivity index is 1.56. The number of hydrogen-bond donors (Lipinski definition) is 0. The molecule has 0 bridgehead atoms. The van der Waals surface area contributed by atoms with Gasteiger partial charge in [-0.1, -0.05) is 35.6 Å². The number of nitriles is 1. The first kappa shape index (κ1) is 16.5. The molecule has 24 heavy (non-hydrogen) atoms. The Morgan fingerprint density at radius 3 is 2.71 bits per heavy atom. The molecule has 0 spiro atoms. The molecule has 5 nitrogen and oxygen atoms in total. The van der Waals surface area contributed by atoms with E-state index in [4.69, 9.17) is 10.00 Å². The zero-order valence-electron chi connectivity index (χ0n) is 13.6. The lowest BCUT2D eigenvalue weighted by Crippen LogP contribution is -2.32. The van der Waals surface area contributed by atoms with E-state index in [2.05, 4.69) is 11.2 Å². The molecule has 1 aliphatic rings. The SMILES string of the molecule is CC(=O)c1ccc(-c2cnc(OCC3CCN(C#N)CC3)s2)cc1. The van der Waals surface area contributed by atoms with Crippen LogP contribution in [0.15, 0.2) is 30.5 Å². The van der Waals surface area contributed by atoms with E-state index in [1.807, 2.05) is 24.3 Å². The Labute approximate surface area is 145 Å². The number of carbonyl (C=O) groups excluding carboxylic acids is 1. The lowest BCUT2D eigenvalue weighted by molar-refractivity contribution is 0.101.